The molecule has 9 heteroatoms. The van der Waals surface area contributed by atoms with Crippen molar-refractivity contribution < 1.29 is 17.6 Å². The molecule has 1 N–H and O–H groups in total. The lowest BCUT2D eigenvalue weighted by Crippen LogP contribution is -2.31. The van der Waals surface area contributed by atoms with E-state index in [-0.39, 0.29) is 18.7 Å². The second kappa shape index (κ2) is 7.59. The monoisotopic (exact) mass is 385 g/mol. The average Bonchev–Trinajstić information content (AvgIpc) is 2.86. The molecule has 2 rings (SSSR count). The highest BCUT2D eigenvalue weighted by atomic mass is 32.2. The highest BCUT2D eigenvalue weighted by molar-refractivity contribution is 7.89. The minimum absolute atomic E-state index is 0.0534. The number of hydrogen-bond donors (Lipinski definition) is 1. The molecule has 0 spiro atoms. The summed E-state index contributed by atoms with van der Waals surface area (Å²) in [5.41, 5.74) is 0.863. The van der Waals surface area contributed by atoms with Crippen LogP contribution >= 0.6 is 11.3 Å². The van der Waals surface area contributed by atoms with Gasteiger partial charge in [0.05, 0.1) is 5.69 Å². The fraction of sp³-hybridized carbons (Fsp3) is 0.375. The Labute approximate surface area is 150 Å². The van der Waals surface area contributed by atoms with Crippen molar-refractivity contribution in [2.24, 2.45) is 0 Å². The third-order valence-corrected chi connectivity index (χ3v) is 6.82. The molecule has 0 aliphatic carbocycles. The van der Waals surface area contributed by atoms with Crippen molar-refractivity contribution in [3.05, 3.63) is 40.2 Å². The summed E-state index contributed by atoms with van der Waals surface area (Å²) in [5, 5.41) is 3.03. The number of aryl methyl sites for hydroxylation is 2. The van der Waals surface area contributed by atoms with E-state index in [4.69, 9.17) is 0 Å². The standard InChI is InChI=1S/C16H20FN3O3S2/c1-5-20(6-2)25(22,23)14-9-12(7-8-13(14)17)15(21)19-16-18-10(3)11(4)24-16/h7-9H,5-6H2,1-4H3,(H,18,19,21). The maximum atomic E-state index is 14.1. The highest BCUT2D eigenvalue weighted by Crippen LogP contribution is 2.24. The minimum atomic E-state index is -4.00. The van der Waals surface area contributed by atoms with Gasteiger partial charge in [0, 0.05) is 23.5 Å². The SMILES string of the molecule is CCN(CC)S(=O)(=O)c1cc(C(=O)Nc2nc(C)c(C)s2)ccc1F. The summed E-state index contributed by atoms with van der Waals surface area (Å²) < 4.78 is 40.3. The van der Waals surface area contributed by atoms with Crippen LogP contribution in [0.4, 0.5) is 9.52 Å². The van der Waals surface area contributed by atoms with Gasteiger partial charge in [0.15, 0.2) is 5.13 Å². The lowest BCUT2D eigenvalue weighted by atomic mass is 10.2. The van der Waals surface area contributed by atoms with Crippen LogP contribution in [0.5, 0.6) is 0 Å². The van der Waals surface area contributed by atoms with Crippen LogP contribution in [0.3, 0.4) is 0 Å². The number of carbonyl (C=O) groups excluding carboxylic acids is 1. The molecule has 0 saturated heterocycles. The molecule has 1 heterocycles. The second-order valence-electron chi connectivity index (χ2n) is 5.35. The number of amides is 1. The molecular formula is C16H20FN3O3S2. The van der Waals surface area contributed by atoms with Crippen LogP contribution in [0, 0.1) is 19.7 Å². The van der Waals surface area contributed by atoms with Crippen molar-refractivity contribution in [2.75, 3.05) is 18.4 Å². The lowest BCUT2D eigenvalue weighted by molar-refractivity contribution is 0.102. The fourth-order valence-electron chi connectivity index (χ4n) is 2.24. The molecular weight excluding hydrogens is 365 g/mol. The van der Waals surface area contributed by atoms with E-state index in [0.29, 0.717) is 5.13 Å². The minimum Gasteiger partial charge on any atom is -0.298 e. The van der Waals surface area contributed by atoms with Gasteiger partial charge in [-0.25, -0.2) is 17.8 Å². The molecule has 1 aromatic carbocycles. The van der Waals surface area contributed by atoms with Crippen molar-refractivity contribution >= 4 is 32.4 Å². The van der Waals surface area contributed by atoms with Crippen LogP contribution in [-0.4, -0.2) is 36.7 Å². The molecule has 1 amide bonds. The molecule has 0 radical (unpaired) electrons. The molecule has 0 saturated carbocycles. The number of nitrogens with zero attached hydrogens (tertiary/aromatic N) is 2. The van der Waals surface area contributed by atoms with Crippen molar-refractivity contribution in [1.29, 1.82) is 0 Å². The van der Waals surface area contributed by atoms with E-state index in [1.807, 2.05) is 13.8 Å². The van der Waals surface area contributed by atoms with Gasteiger partial charge in [-0.15, -0.1) is 11.3 Å². The van der Waals surface area contributed by atoms with Gasteiger partial charge in [-0.3, -0.25) is 10.1 Å². The predicted molar refractivity (Wildman–Crippen MR) is 96.0 cm³/mol. The van der Waals surface area contributed by atoms with Gasteiger partial charge >= 0.3 is 0 Å². The molecule has 136 valence electrons. The third-order valence-electron chi connectivity index (χ3n) is 3.77. The first-order valence-electron chi connectivity index (χ1n) is 7.75. The smallest absolute Gasteiger partial charge is 0.257 e. The lowest BCUT2D eigenvalue weighted by Gasteiger charge is -2.19. The first-order valence-corrected chi connectivity index (χ1v) is 10.0. The Balaban J connectivity index is 2.36. The molecule has 0 fully saturated rings. The summed E-state index contributed by atoms with van der Waals surface area (Å²) >= 11 is 1.32. The maximum Gasteiger partial charge on any atom is 0.257 e. The average molecular weight is 385 g/mol. The Morgan fingerprint density at radius 1 is 1.28 bits per heavy atom. The molecule has 2 aromatic rings. The molecule has 6 nitrogen and oxygen atoms in total. The summed E-state index contributed by atoms with van der Waals surface area (Å²) in [4.78, 5) is 17.0. The van der Waals surface area contributed by atoms with Gasteiger partial charge in [0.2, 0.25) is 10.0 Å². The second-order valence-corrected chi connectivity index (χ2v) is 8.46. The van der Waals surface area contributed by atoms with E-state index in [2.05, 4.69) is 10.3 Å². The third kappa shape index (κ3) is 4.05. The highest BCUT2D eigenvalue weighted by Gasteiger charge is 2.26. The number of hydrogen-bond acceptors (Lipinski definition) is 5. The predicted octanol–water partition coefficient (Wildman–Crippen LogP) is 3.18. The van der Waals surface area contributed by atoms with Crippen LogP contribution in [0.25, 0.3) is 0 Å². The van der Waals surface area contributed by atoms with Crippen molar-refractivity contribution in [2.45, 2.75) is 32.6 Å². The van der Waals surface area contributed by atoms with Crippen molar-refractivity contribution in [3.8, 4) is 0 Å². The Bertz CT molecular complexity index is 871. The van der Waals surface area contributed by atoms with Gasteiger partial charge in [-0.1, -0.05) is 13.8 Å². The number of nitrogens with one attached hydrogen (secondary N) is 1. The first kappa shape index (κ1) is 19.5. The maximum absolute atomic E-state index is 14.1. The number of rotatable bonds is 6. The summed E-state index contributed by atoms with van der Waals surface area (Å²) in [7, 11) is -4.00. The van der Waals surface area contributed by atoms with E-state index < -0.39 is 26.6 Å². The number of thiazole rings is 1. The number of aromatic nitrogens is 1. The summed E-state index contributed by atoms with van der Waals surface area (Å²) in [5.74, 6) is -1.42. The largest absolute Gasteiger partial charge is 0.298 e. The quantitative estimate of drug-likeness (QED) is 0.828. The molecule has 0 aliphatic heterocycles. The van der Waals surface area contributed by atoms with E-state index in [1.54, 1.807) is 13.8 Å². The van der Waals surface area contributed by atoms with Gasteiger partial charge in [0.1, 0.15) is 10.7 Å². The van der Waals surface area contributed by atoms with Crippen LogP contribution in [-0.2, 0) is 10.0 Å². The fourth-order valence-corrected chi connectivity index (χ4v) is 4.60. The van der Waals surface area contributed by atoms with E-state index >= 15 is 0 Å². The zero-order valence-electron chi connectivity index (χ0n) is 14.5. The van der Waals surface area contributed by atoms with Crippen LogP contribution in [0.15, 0.2) is 23.1 Å². The normalized spacial score (nSPS) is 11.8. The topological polar surface area (TPSA) is 79.4 Å². The molecule has 25 heavy (non-hydrogen) atoms. The molecule has 0 unspecified atom stereocenters. The van der Waals surface area contributed by atoms with Crippen LogP contribution in [0.1, 0.15) is 34.8 Å². The van der Waals surface area contributed by atoms with Crippen LogP contribution in [0.2, 0.25) is 0 Å². The number of benzene rings is 1. The Morgan fingerprint density at radius 2 is 1.92 bits per heavy atom. The number of halogens is 1. The Morgan fingerprint density at radius 3 is 2.44 bits per heavy atom. The summed E-state index contributed by atoms with van der Waals surface area (Å²) in [6.45, 7) is 7.48. The first-order chi connectivity index (χ1) is 11.7. The van der Waals surface area contributed by atoms with Gasteiger partial charge in [-0.05, 0) is 32.0 Å². The van der Waals surface area contributed by atoms with Gasteiger partial charge in [0.25, 0.3) is 5.91 Å². The zero-order valence-corrected chi connectivity index (χ0v) is 16.1. The van der Waals surface area contributed by atoms with Crippen LogP contribution < -0.4 is 5.32 Å². The van der Waals surface area contributed by atoms with E-state index in [1.165, 1.54) is 17.4 Å². The molecule has 0 aliphatic rings. The molecule has 1 aromatic heterocycles. The summed E-state index contributed by atoms with van der Waals surface area (Å²) in [6.07, 6.45) is 0. The summed E-state index contributed by atoms with van der Waals surface area (Å²) in [6, 6.07) is 3.30. The Hall–Kier alpha value is -1.84. The van der Waals surface area contributed by atoms with Gasteiger partial charge in [-0.2, -0.15) is 4.31 Å². The Kier molecular flexibility index (Phi) is 5.91. The zero-order chi connectivity index (χ0) is 18.8. The van der Waals surface area contributed by atoms with E-state index in [9.17, 15) is 17.6 Å². The molecule has 0 bridgehead atoms. The number of anilines is 1. The number of carbonyl (C=O) groups is 1. The van der Waals surface area contributed by atoms with Crippen molar-refractivity contribution in [3.63, 3.8) is 0 Å². The van der Waals surface area contributed by atoms with Crippen molar-refractivity contribution in [1.82, 2.24) is 9.29 Å². The number of sulfonamides is 1. The molecule has 0 atom stereocenters. The van der Waals surface area contributed by atoms with E-state index in [0.717, 1.165) is 27.0 Å². The van der Waals surface area contributed by atoms with Gasteiger partial charge < -0.3 is 0 Å².